The lowest BCUT2D eigenvalue weighted by Crippen LogP contribution is -2.12. The highest BCUT2D eigenvalue weighted by Gasteiger charge is 2.25. The Kier molecular flexibility index (Phi) is 3.22. The van der Waals surface area contributed by atoms with Crippen LogP contribution in [0.25, 0.3) is 11.0 Å². The van der Waals surface area contributed by atoms with Gasteiger partial charge in [-0.25, -0.2) is 4.98 Å². The van der Waals surface area contributed by atoms with E-state index in [1.165, 1.54) is 0 Å². The Morgan fingerprint density at radius 2 is 2.33 bits per heavy atom. The summed E-state index contributed by atoms with van der Waals surface area (Å²) in [5.74, 6) is 0.871. The number of aromatic nitrogens is 2. The predicted molar refractivity (Wildman–Crippen MR) is 73.5 cm³/mol. The fraction of sp³-hybridized carbons (Fsp3) is 0.462. The van der Waals surface area contributed by atoms with E-state index in [0.29, 0.717) is 17.7 Å². The highest BCUT2D eigenvalue weighted by molar-refractivity contribution is 6.35. The van der Waals surface area contributed by atoms with Gasteiger partial charge in [0.25, 0.3) is 0 Å². The second-order valence-corrected chi connectivity index (χ2v) is 5.64. The van der Waals surface area contributed by atoms with Crippen LogP contribution in [-0.4, -0.2) is 22.8 Å². The van der Waals surface area contributed by atoms with Crippen molar-refractivity contribution >= 4 is 34.2 Å². The van der Waals surface area contributed by atoms with Crippen molar-refractivity contribution in [3.05, 3.63) is 29.0 Å². The number of imidazole rings is 1. The van der Waals surface area contributed by atoms with Crippen LogP contribution in [0.4, 0.5) is 0 Å². The fourth-order valence-corrected chi connectivity index (χ4v) is 2.86. The van der Waals surface area contributed by atoms with E-state index < -0.39 is 0 Å². The number of rotatable bonds is 2. The average Bonchev–Trinajstić information content (AvgIpc) is 2.94. The predicted octanol–water partition coefficient (Wildman–Crippen LogP) is 3.95. The Bertz CT molecular complexity index is 574. The quantitative estimate of drug-likeness (QED) is 0.781. The summed E-state index contributed by atoms with van der Waals surface area (Å²) in [5.41, 5.74) is 1.87. The van der Waals surface area contributed by atoms with Crippen molar-refractivity contribution in [2.45, 2.75) is 24.8 Å². The third-order valence-electron chi connectivity index (χ3n) is 3.32. The van der Waals surface area contributed by atoms with Gasteiger partial charge in [-0.2, -0.15) is 0 Å². The van der Waals surface area contributed by atoms with Gasteiger partial charge in [0.1, 0.15) is 11.3 Å². The number of halogens is 2. The maximum atomic E-state index is 6.24. The van der Waals surface area contributed by atoms with Crippen molar-refractivity contribution in [2.75, 3.05) is 13.2 Å². The Labute approximate surface area is 116 Å². The van der Waals surface area contributed by atoms with Crippen molar-refractivity contribution in [2.24, 2.45) is 0 Å². The van der Waals surface area contributed by atoms with Crippen molar-refractivity contribution in [3.8, 4) is 0 Å². The number of para-hydroxylation sites is 1. The molecule has 3 nitrogen and oxygen atoms in total. The molecule has 2 atom stereocenters. The molecule has 0 bridgehead atoms. The standard InChI is InChI=1S/C13H14Cl2N2O/c1-8(14)13-16-12-10(15)3-2-4-11(12)17(13)9-5-6-18-7-9/h2-4,8-9H,5-7H2,1H3. The molecule has 0 spiro atoms. The van der Waals surface area contributed by atoms with Crippen LogP contribution in [-0.2, 0) is 4.74 Å². The van der Waals surface area contributed by atoms with Gasteiger partial charge in [0.2, 0.25) is 0 Å². The van der Waals surface area contributed by atoms with Crippen LogP contribution in [0.3, 0.4) is 0 Å². The number of nitrogens with zero attached hydrogens (tertiary/aromatic N) is 2. The molecule has 0 amide bonds. The van der Waals surface area contributed by atoms with E-state index in [1.54, 1.807) is 0 Å². The molecule has 0 aliphatic carbocycles. The summed E-state index contributed by atoms with van der Waals surface area (Å²) in [4.78, 5) is 4.60. The molecule has 3 rings (SSSR count). The van der Waals surface area contributed by atoms with Gasteiger partial charge in [-0.1, -0.05) is 17.7 Å². The number of fused-ring (bicyclic) bond motifs is 1. The van der Waals surface area contributed by atoms with Crippen LogP contribution in [0.2, 0.25) is 5.02 Å². The van der Waals surface area contributed by atoms with E-state index in [1.807, 2.05) is 25.1 Å². The van der Waals surface area contributed by atoms with E-state index in [-0.39, 0.29) is 5.38 Å². The highest BCUT2D eigenvalue weighted by atomic mass is 35.5. The molecule has 1 fully saturated rings. The summed E-state index contributed by atoms with van der Waals surface area (Å²) in [6, 6.07) is 6.15. The van der Waals surface area contributed by atoms with Crippen LogP contribution >= 0.6 is 23.2 Å². The van der Waals surface area contributed by atoms with Crippen molar-refractivity contribution in [1.82, 2.24) is 9.55 Å². The zero-order valence-electron chi connectivity index (χ0n) is 10.1. The molecule has 1 aliphatic rings. The third-order valence-corrected chi connectivity index (χ3v) is 3.82. The monoisotopic (exact) mass is 284 g/mol. The first kappa shape index (κ1) is 12.3. The van der Waals surface area contributed by atoms with Gasteiger partial charge in [0.15, 0.2) is 0 Å². The molecule has 5 heteroatoms. The maximum absolute atomic E-state index is 6.24. The van der Waals surface area contributed by atoms with Crippen LogP contribution in [0.15, 0.2) is 18.2 Å². The lowest BCUT2D eigenvalue weighted by Gasteiger charge is -2.16. The summed E-state index contributed by atoms with van der Waals surface area (Å²) in [5, 5.41) is 0.526. The van der Waals surface area contributed by atoms with Crippen LogP contribution in [0, 0.1) is 0 Å². The van der Waals surface area contributed by atoms with E-state index in [4.69, 9.17) is 27.9 Å². The lowest BCUT2D eigenvalue weighted by molar-refractivity contribution is 0.186. The smallest absolute Gasteiger partial charge is 0.128 e. The lowest BCUT2D eigenvalue weighted by atomic mass is 10.2. The molecule has 18 heavy (non-hydrogen) atoms. The number of hydrogen-bond acceptors (Lipinski definition) is 2. The molecule has 0 saturated carbocycles. The van der Waals surface area contributed by atoms with Gasteiger partial charge >= 0.3 is 0 Å². The molecule has 0 N–H and O–H groups in total. The first-order valence-electron chi connectivity index (χ1n) is 6.06. The van der Waals surface area contributed by atoms with Gasteiger partial charge in [-0.15, -0.1) is 11.6 Å². The average molecular weight is 285 g/mol. The number of ether oxygens (including phenoxy) is 1. The van der Waals surface area contributed by atoms with Gasteiger partial charge in [-0.05, 0) is 25.5 Å². The fourth-order valence-electron chi connectivity index (χ4n) is 2.49. The van der Waals surface area contributed by atoms with Crippen LogP contribution < -0.4 is 0 Å². The minimum absolute atomic E-state index is 0.144. The van der Waals surface area contributed by atoms with E-state index in [0.717, 1.165) is 29.9 Å². The van der Waals surface area contributed by atoms with Gasteiger partial charge in [0, 0.05) is 6.61 Å². The first-order valence-corrected chi connectivity index (χ1v) is 6.88. The van der Waals surface area contributed by atoms with E-state index >= 15 is 0 Å². The topological polar surface area (TPSA) is 27.1 Å². The van der Waals surface area contributed by atoms with E-state index in [2.05, 4.69) is 9.55 Å². The van der Waals surface area contributed by atoms with Gasteiger partial charge in [-0.3, -0.25) is 0 Å². The minimum atomic E-state index is -0.144. The Hall–Kier alpha value is -0.770. The molecular weight excluding hydrogens is 271 g/mol. The largest absolute Gasteiger partial charge is 0.379 e. The van der Waals surface area contributed by atoms with Crippen LogP contribution in [0.1, 0.15) is 30.6 Å². The van der Waals surface area contributed by atoms with Crippen LogP contribution in [0.5, 0.6) is 0 Å². The number of alkyl halides is 1. The molecule has 0 radical (unpaired) electrons. The second-order valence-electron chi connectivity index (χ2n) is 4.58. The SMILES string of the molecule is CC(Cl)c1nc2c(Cl)cccc2n1C1CCOC1. The summed E-state index contributed by atoms with van der Waals surface area (Å²) < 4.78 is 7.66. The van der Waals surface area contributed by atoms with Gasteiger partial charge in [0.05, 0.1) is 28.6 Å². The minimum Gasteiger partial charge on any atom is -0.379 e. The van der Waals surface area contributed by atoms with E-state index in [9.17, 15) is 0 Å². The molecule has 2 heterocycles. The second kappa shape index (κ2) is 4.72. The summed E-state index contributed by atoms with van der Waals surface area (Å²) in [6.45, 7) is 3.44. The summed E-state index contributed by atoms with van der Waals surface area (Å²) >= 11 is 12.4. The molecular formula is C13H14Cl2N2O. The third kappa shape index (κ3) is 1.91. The molecule has 1 saturated heterocycles. The normalized spacial score (nSPS) is 21.6. The summed E-state index contributed by atoms with van der Waals surface area (Å²) in [7, 11) is 0. The number of hydrogen-bond donors (Lipinski definition) is 0. The van der Waals surface area contributed by atoms with Gasteiger partial charge < -0.3 is 9.30 Å². The zero-order valence-corrected chi connectivity index (χ0v) is 11.6. The Morgan fingerprint density at radius 3 is 3.00 bits per heavy atom. The Morgan fingerprint density at radius 1 is 1.50 bits per heavy atom. The number of benzene rings is 1. The highest BCUT2D eigenvalue weighted by Crippen LogP contribution is 2.33. The van der Waals surface area contributed by atoms with Crippen molar-refractivity contribution in [3.63, 3.8) is 0 Å². The molecule has 1 aromatic carbocycles. The van der Waals surface area contributed by atoms with Crippen molar-refractivity contribution in [1.29, 1.82) is 0 Å². The molecule has 1 aliphatic heterocycles. The zero-order chi connectivity index (χ0) is 12.7. The van der Waals surface area contributed by atoms with Crippen molar-refractivity contribution < 1.29 is 4.74 Å². The molecule has 96 valence electrons. The summed E-state index contributed by atoms with van der Waals surface area (Å²) in [6.07, 6.45) is 0.995. The maximum Gasteiger partial charge on any atom is 0.128 e. The Balaban J connectivity index is 2.25. The first-order chi connectivity index (χ1) is 8.68. The molecule has 2 aromatic rings. The molecule has 2 unspecified atom stereocenters. The molecule has 1 aromatic heterocycles.